The molecule has 0 bridgehead atoms. The van der Waals surface area contributed by atoms with E-state index in [2.05, 4.69) is 26.5 Å². The van der Waals surface area contributed by atoms with E-state index in [1.165, 1.54) is 6.33 Å². The van der Waals surface area contributed by atoms with Crippen LogP contribution in [0.15, 0.2) is 35.4 Å². The third kappa shape index (κ3) is 6.23. The van der Waals surface area contributed by atoms with E-state index in [1.54, 1.807) is 27.4 Å². The Bertz CT molecular complexity index is 2480. The van der Waals surface area contributed by atoms with Crippen molar-refractivity contribution in [3.8, 4) is 11.8 Å². The van der Waals surface area contributed by atoms with Crippen LogP contribution in [0.4, 0.5) is 18.9 Å². The van der Waals surface area contributed by atoms with Crippen LogP contribution in [0, 0.1) is 23.7 Å². The number of aromatic hydroxyl groups is 1. The maximum Gasteiger partial charge on any atom is 0.416 e. The predicted molar refractivity (Wildman–Crippen MR) is 192 cm³/mol. The summed E-state index contributed by atoms with van der Waals surface area (Å²) in [5.41, 5.74) is -1.25. The van der Waals surface area contributed by atoms with Crippen molar-refractivity contribution in [3.63, 3.8) is 0 Å². The second-order valence-electron chi connectivity index (χ2n) is 14.8. The van der Waals surface area contributed by atoms with Gasteiger partial charge in [0.1, 0.15) is 18.3 Å². The number of aromatic nitrogens is 6. The van der Waals surface area contributed by atoms with Crippen molar-refractivity contribution in [3.05, 3.63) is 80.0 Å². The molecule has 1 spiro atoms. The number of alkyl halides is 3. The zero-order valence-electron chi connectivity index (χ0n) is 30.0. The molecule has 3 amide bonds. The first-order valence-corrected chi connectivity index (χ1v) is 18.4. The third-order valence-electron chi connectivity index (χ3n) is 11.5. The zero-order valence-corrected chi connectivity index (χ0v) is 30.7. The van der Waals surface area contributed by atoms with E-state index in [0.717, 1.165) is 22.7 Å². The Hall–Kier alpha value is -5.83. The number of halogens is 4. The lowest BCUT2D eigenvalue weighted by molar-refractivity contribution is -0.137. The van der Waals surface area contributed by atoms with Gasteiger partial charge in [0.15, 0.2) is 17.3 Å². The molecule has 2 aliphatic heterocycles. The molecule has 290 valence electrons. The minimum atomic E-state index is -4.63. The van der Waals surface area contributed by atoms with Crippen LogP contribution in [0.1, 0.15) is 77.4 Å². The van der Waals surface area contributed by atoms with Gasteiger partial charge in [0.2, 0.25) is 17.6 Å². The van der Waals surface area contributed by atoms with Gasteiger partial charge in [-0.25, -0.2) is 9.97 Å². The van der Waals surface area contributed by atoms with Gasteiger partial charge in [-0.2, -0.15) is 27.9 Å². The number of nitriles is 1. The largest absolute Gasteiger partial charge is 0.504 e. The number of benzene rings is 1. The van der Waals surface area contributed by atoms with Crippen molar-refractivity contribution in [2.75, 3.05) is 31.5 Å². The van der Waals surface area contributed by atoms with Crippen LogP contribution in [0.2, 0.25) is 5.02 Å². The molecular formula is C37H34ClF3N10O5. The fourth-order valence-electron chi connectivity index (χ4n) is 8.07. The normalized spacial score (nSPS) is 18.4. The molecule has 2 fully saturated rings. The predicted octanol–water partition coefficient (Wildman–Crippen LogP) is 4.05. The fraction of sp³-hybridized carbons (Fsp3) is 0.432. The summed E-state index contributed by atoms with van der Waals surface area (Å²) in [4.78, 5) is 70.3. The SMILES string of the molecule is Cc1ncnc(C(=O)N2CCC3(CCc4c3c(=O)n3nc(C5=CCN(C(=O)C6(C#N)CC6)CC5)nc3n4CC(=O)Nc3ccc(C(F)(F)F)cc3Cl)CC2)c1O. The molecule has 2 aliphatic carbocycles. The summed E-state index contributed by atoms with van der Waals surface area (Å²) >= 11 is 6.15. The molecule has 1 saturated heterocycles. The van der Waals surface area contributed by atoms with Crippen LogP contribution in [0.25, 0.3) is 11.4 Å². The Morgan fingerprint density at radius 1 is 1.05 bits per heavy atom. The number of likely N-dealkylation sites (tertiary alicyclic amines) is 1. The van der Waals surface area contributed by atoms with E-state index < -0.39 is 39.9 Å². The summed E-state index contributed by atoms with van der Waals surface area (Å²) < 4.78 is 42.6. The van der Waals surface area contributed by atoms with E-state index in [9.17, 15) is 42.7 Å². The maximum absolute atomic E-state index is 14.5. The molecule has 0 atom stereocenters. The molecule has 1 saturated carbocycles. The van der Waals surface area contributed by atoms with Gasteiger partial charge in [0.25, 0.3) is 11.5 Å². The second kappa shape index (κ2) is 13.4. The zero-order chi connectivity index (χ0) is 39.7. The maximum atomic E-state index is 14.5. The van der Waals surface area contributed by atoms with Crippen LogP contribution in [0.5, 0.6) is 5.75 Å². The number of aryl methyl sites for hydroxylation is 1. The summed E-state index contributed by atoms with van der Waals surface area (Å²) in [5, 5.41) is 26.9. The number of carbonyl (C=O) groups excluding carboxylic acids is 3. The van der Waals surface area contributed by atoms with Crippen LogP contribution in [-0.4, -0.2) is 87.9 Å². The van der Waals surface area contributed by atoms with Gasteiger partial charge >= 0.3 is 6.18 Å². The molecule has 1 aromatic carbocycles. The van der Waals surface area contributed by atoms with E-state index in [0.29, 0.717) is 68.3 Å². The number of piperidine rings is 1. The van der Waals surface area contributed by atoms with Crippen molar-refractivity contribution in [2.24, 2.45) is 5.41 Å². The van der Waals surface area contributed by atoms with E-state index in [-0.39, 0.29) is 71.5 Å². The van der Waals surface area contributed by atoms with Crippen molar-refractivity contribution in [1.29, 1.82) is 5.26 Å². The molecule has 4 aromatic rings. The molecule has 2 N–H and O–H groups in total. The van der Waals surface area contributed by atoms with Crippen LogP contribution < -0.4 is 10.9 Å². The monoisotopic (exact) mass is 790 g/mol. The number of amides is 3. The minimum Gasteiger partial charge on any atom is -0.504 e. The Morgan fingerprint density at radius 2 is 1.80 bits per heavy atom. The minimum absolute atomic E-state index is 0.0326. The first-order chi connectivity index (χ1) is 26.6. The fourth-order valence-corrected chi connectivity index (χ4v) is 8.30. The number of hydrogen-bond donors (Lipinski definition) is 2. The number of nitrogens with zero attached hydrogens (tertiary/aromatic N) is 9. The lowest BCUT2D eigenvalue weighted by Gasteiger charge is -2.39. The molecule has 0 unspecified atom stereocenters. The van der Waals surface area contributed by atoms with Crippen LogP contribution in [0.3, 0.4) is 0 Å². The lowest BCUT2D eigenvalue weighted by atomic mass is 9.74. The summed E-state index contributed by atoms with van der Waals surface area (Å²) in [6.45, 7) is 2.24. The van der Waals surface area contributed by atoms with Gasteiger partial charge in [0, 0.05) is 42.9 Å². The summed E-state index contributed by atoms with van der Waals surface area (Å²) in [6, 6.07) is 4.74. The quantitative estimate of drug-likeness (QED) is 0.288. The number of nitrogens with one attached hydrogen (secondary N) is 1. The van der Waals surface area contributed by atoms with Gasteiger partial charge in [-0.05, 0) is 75.6 Å². The summed E-state index contributed by atoms with van der Waals surface area (Å²) in [5.74, 6) is -1.30. The van der Waals surface area contributed by atoms with Gasteiger partial charge in [-0.3, -0.25) is 19.2 Å². The first kappa shape index (κ1) is 37.1. The molecule has 15 nitrogen and oxygen atoms in total. The average molecular weight is 791 g/mol. The molecule has 4 aliphatic rings. The molecule has 0 radical (unpaired) electrons. The lowest BCUT2D eigenvalue weighted by Crippen LogP contribution is -2.46. The molecule has 56 heavy (non-hydrogen) atoms. The molecule has 8 rings (SSSR count). The number of fused-ring (bicyclic) bond motifs is 3. The Kier molecular flexibility index (Phi) is 8.90. The van der Waals surface area contributed by atoms with Gasteiger partial charge in [-0.1, -0.05) is 17.7 Å². The van der Waals surface area contributed by atoms with Crippen LogP contribution >= 0.6 is 11.6 Å². The standard InChI is InChI=1S/C37H34ClF3N10O5/c1-20-29(53)28(44-19-43-20)32(55)48-14-10-35(11-15-48)7-4-25-27(35)31(54)51-34(50(25)17-26(52)45-24-3-2-22(16-23(24)38)37(39,40)41)46-30(47-51)21-5-12-49(13-6-21)33(56)36(18-42)8-9-36/h2-3,5,16,19,53H,4,6-15,17H2,1H3,(H,45,52). The number of anilines is 1. The third-order valence-corrected chi connectivity index (χ3v) is 11.8. The van der Waals surface area contributed by atoms with Gasteiger partial charge in [0.05, 0.1) is 28.0 Å². The topological polar surface area (TPSA) is 192 Å². The van der Waals surface area contributed by atoms with E-state index in [4.69, 9.17) is 16.6 Å². The number of carbonyl (C=O) groups is 3. The van der Waals surface area contributed by atoms with Gasteiger partial charge < -0.3 is 24.8 Å². The highest BCUT2D eigenvalue weighted by molar-refractivity contribution is 6.33. The molecule has 3 aromatic heterocycles. The van der Waals surface area contributed by atoms with Crippen molar-refractivity contribution >= 4 is 46.4 Å². The number of hydrogen-bond acceptors (Lipinski definition) is 10. The van der Waals surface area contributed by atoms with Crippen molar-refractivity contribution < 1.29 is 32.7 Å². The first-order valence-electron chi connectivity index (χ1n) is 18.0. The van der Waals surface area contributed by atoms with Gasteiger partial charge in [-0.15, -0.1) is 5.10 Å². The van der Waals surface area contributed by atoms with E-state index >= 15 is 0 Å². The highest BCUT2D eigenvalue weighted by Crippen LogP contribution is 2.47. The smallest absolute Gasteiger partial charge is 0.416 e. The Morgan fingerprint density at radius 3 is 2.45 bits per heavy atom. The Balaban J connectivity index is 1.13. The summed E-state index contributed by atoms with van der Waals surface area (Å²) in [7, 11) is 0. The molecule has 5 heterocycles. The average Bonchev–Trinajstić information content (AvgIpc) is 3.71. The van der Waals surface area contributed by atoms with Crippen molar-refractivity contribution in [1.82, 2.24) is 38.9 Å². The summed E-state index contributed by atoms with van der Waals surface area (Å²) in [6.07, 6.45) is 1.49. The number of rotatable bonds is 6. The Labute approximate surface area is 321 Å². The molecular weight excluding hydrogens is 757 g/mol. The highest BCUT2D eigenvalue weighted by atomic mass is 35.5. The van der Waals surface area contributed by atoms with E-state index in [1.807, 2.05) is 0 Å². The second-order valence-corrected chi connectivity index (χ2v) is 15.2. The van der Waals surface area contributed by atoms with Crippen molar-refractivity contribution in [2.45, 2.75) is 70.0 Å². The van der Waals surface area contributed by atoms with Crippen LogP contribution in [-0.2, 0) is 34.1 Å². The highest BCUT2D eigenvalue weighted by Gasteiger charge is 2.52. The molecule has 19 heteroatoms.